The molecule has 0 bridgehead atoms. The number of hydrogen-bond donors (Lipinski definition) is 0. The van der Waals surface area contributed by atoms with Crippen LogP contribution in [0.4, 0.5) is 0 Å². The van der Waals surface area contributed by atoms with Gasteiger partial charge in [-0.05, 0) is 47.2 Å². The van der Waals surface area contributed by atoms with Crippen molar-refractivity contribution in [3.63, 3.8) is 0 Å². The van der Waals surface area contributed by atoms with Gasteiger partial charge in [-0.1, -0.05) is 177 Å². The normalized spacial score (nSPS) is 13.1. The second-order valence-electron chi connectivity index (χ2n) is 19.4. The molecular formula is C56H45N3Si2. The maximum Gasteiger partial charge on any atom is 0.0776 e. The average Bonchev–Trinajstić information content (AvgIpc) is 3.98. The van der Waals surface area contributed by atoms with Gasteiger partial charge in [0, 0.05) is 53.9 Å². The summed E-state index contributed by atoms with van der Waals surface area (Å²) < 4.78 is 7.78. The topological polar surface area (TPSA) is 14.3 Å². The first-order valence-electron chi connectivity index (χ1n) is 21.7. The molecule has 5 heteroatoms. The lowest BCUT2D eigenvalue weighted by atomic mass is 9.99. The van der Waals surface area contributed by atoms with E-state index < -0.39 is 16.1 Å². The molecule has 0 saturated carbocycles. The molecule has 9 aromatic carbocycles. The number of aromatic nitrogens is 3. The van der Waals surface area contributed by atoms with E-state index in [2.05, 4.69) is 217 Å². The van der Waals surface area contributed by atoms with E-state index in [0.717, 1.165) is 0 Å². The fourth-order valence-corrected chi connectivity index (χ4v) is 13.2. The van der Waals surface area contributed by atoms with Crippen LogP contribution in [0.2, 0.25) is 39.3 Å². The van der Waals surface area contributed by atoms with Crippen molar-refractivity contribution in [3.8, 4) is 11.4 Å². The Morgan fingerprint density at radius 1 is 0.311 bits per heavy atom. The minimum Gasteiger partial charge on any atom is -0.308 e. The first-order chi connectivity index (χ1) is 29.6. The summed E-state index contributed by atoms with van der Waals surface area (Å²) in [4.78, 5) is 0. The molecule has 292 valence electrons. The Kier molecular flexibility index (Phi) is 6.91. The highest BCUT2D eigenvalue weighted by molar-refractivity contribution is 6.89. The quantitative estimate of drug-likeness (QED) is 0.157. The van der Waals surface area contributed by atoms with Crippen molar-refractivity contribution >= 4 is 130 Å². The summed E-state index contributed by atoms with van der Waals surface area (Å²) in [6.45, 7) is 14.7. The van der Waals surface area contributed by atoms with E-state index in [0.29, 0.717) is 0 Å². The molecule has 0 aliphatic rings. The van der Waals surface area contributed by atoms with E-state index in [9.17, 15) is 0 Å². The molecule has 0 fully saturated rings. The van der Waals surface area contributed by atoms with Crippen molar-refractivity contribution in [2.24, 2.45) is 0 Å². The molecule has 3 nitrogen and oxygen atoms in total. The summed E-state index contributed by atoms with van der Waals surface area (Å²) >= 11 is 0. The minimum absolute atomic E-state index is 1.24. The van der Waals surface area contributed by atoms with Crippen LogP contribution in [0.1, 0.15) is 0 Å². The monoisotopic (exact) mass is 815 g/mol. The summed E-state index contributed by atoms with van der Waals surface area (Å²) in [6, 6.07) is 62.7. The van der Waals surface area contributed by atoms with E-state index in [-0.39, 0.29) is 0 Å². The van der Waals surface area contributed by atoms with E-state index in [4.69, 9.17) is 0 Å². The Labute approximate surface area is 356 Å². The zero-order valence-corrected chi connectivity index (χ0v) is 37.4. The van der Waals surface area contributed by atoms with Gasteiger partial charge < -0.3 is 13.5 Å². The van der Waals surface area contributed by atoms with Gasteiger partial charge in [-0.3, -0.25) is 0 Å². The van der Waals surface area contributed by atoms with Crippen LogP contribution in [0.3, 0.4) is 0 Å². The highest BCUT2D eigenvalue weighted by Gasteiger charge is 2.28. The van der Waals surface area contributed by atoms with Crippen LogP contribution in [0.15, 0.2) is 164 Å². The van der Waals surface area contributed by atoms with Gasteiger partial charge in [0.2, 0.25) is 0 Å². The van der Waals surface area contributed by atoms with Crippen molar-refractivity contribution < 1.29 is 0 Å². The van der Waals surface area contributed by atoms with E-state index in [1.165, 1.54) is 125 Å². The van der Waals surface area contributed by atoms with Crippen molar-refractivity contribution in [2.75, 3.05) is 0 Å². The number of para-hydroxylation sites is 3. The second kappa shape index (κ2) is 12.0. The van der Waals surface area contributed by atoms with Crippen molar-refractivity contribution in [3.05, 3.63) is 164 Å². The van der Waals surface area contributed by atoms with Gasteiger partial charge in [-0.2, -0.15) is 0 Å². The van der Waals surface area contributed by atoms with Crippen molar-refractivity contribution in [2.45, 2.75) is 39.3 Å². The van der Waals surface area contributed by atoms with Gasteiger partial charge in [0.1, 0.15) is 0 Å². The Bertz CT molecular complexity index is 3760. The summed E-state index contributed by atoms with van der Waals surface area (Å²) in [5.74, 6) is 0. The Morgan fingerprint density at radius 3 is 1.13 bits per heavy atom. The van der Waals surface area contributed by atoms with E-state index >= 15 is 0 Å². The number of hydrogen-bond acceptors (Lipinski definition) is 0. The zero-order chi connectivity index (χ0) is 41.1. The lowest BCUT2D eigenvalue weighted by Crippen LogP contribution is -2.37. The zero-order valence-electron chi connectivity index (χ0n) is 35.4. The number of nitrogens with zero attached hydrogens (tertiary/aromatic N) is 3. The largest absolute Gasteiger partial charge is 0.308 e. The molecule has 61 heavy (non-hydrogen) atoms. The van der Waals surface area contributed by atoms with Crippen LogP contribution in [0.25, 0.3) is 115 Å². The third kappa shape index (κ3) is 4.68. The predicted molar refractivity (Wildman–Crippen MR) is 271 cm³/mol. The summed E-state index contributed by atoms with van der Waals surface area (Å²) in [7, 11) is -3.12. The molecule has 0 radical (unpaired) electrons. The van der Waals surface area contributed by atoms with Gasteiger partial charge in [0.05, 0.1) is 66.1 Å². The maximum atomic E-state index is 2.61. The smallest absolute Gasteiger partial charge is 0.0776 e. The average molecular weight is 816 g/mol. The molecule has 0 N–H and O–H groups in total. The number of fused-ring (bicyclic) bond motifs is 14. The molecule has 4 heterocycles. The lowest BCUT2D eigenvalue weighted by molar-refractivity contribution is 1.21. The third-order valence-corrected chi connectivity index (χ3v) is 17.9. The summed E-state index contributed by atoms with van der Waals surface area (Å²) in [5, 5.41) is 18.4. The van der Waals surface area contributed by atoms with Gasteiger partial charge in [-0.15, -0.1) is 0 Å². The second-order valence-corrected chi connectivity index (χ2v) is 29.5. The summed E-state index contributed by atoms with van der Waals surface area (Å²) in [6.07, 6.45) is 0. The molecule has 0 spiro atoms. The molecule has 0 aliphatic heterocycles. The van der Waals surface area contributed by atoms with Crippen molar-refractivity contribution in [1.82, 2.24) is 13.5 Å². The molecule has 0 atom stereocenters. The Balaban J connectivity index is 1.23. The molecule has 0 amide bonds. The van der Waals surface area contributed by atoms with Crippen LogP contribution in [0, 0.1) is 0 Å². The van der Waals surface area contributed by atoms with Crippen LogP contribution < -0.4 is 10.4 Å². The van der Waals surface area contributed by atoms with Crippen LogP contribution in [-0.2, 0) is 0 Å². The van der Waals surface area contributed by atoms with Gasteiger partial charge in [-0.25, -0.2) is 0 Å². The highest BCUT2D eigenvalue weighted by atomic mass is 28.3. The fourth-order valence-electron chi connectivity index (χ4n) is 10.9. The van der Waals surface area contributed by atoms with Crippen LogP contribution in [0.5, 0.6) is 0 Å². The van der Waals surface area contributed by atoms with Crippen LogP contribution >= 0.6 is 0 Å². The highest BCUT2D eigenvalue weighted by Crippen LogP contribution is 2.49. The molecular weight excluding hydrogens is 771 g/mol. The van der Waals surface area contributed by atoms with Gasteiger partial charge in [0.25, 0.3) is 0 Å². The Hall–Kier alpha value is -6.67. The lowest BCUT2D eigenvalue weighted by Gasteiger charge is -2.18. The SMILES string of the molecule is C[Si](C)(C)c1ccc2c(c1)c1ccccc1n2-c1c2ccccc2cc2c1c1cccc3c4c(-n5c6ccccc6c6cc([Si](C)(C)C)ccc65)c5ccccc5cc4n2c13. The van der Waals surface area contributed by atoms with E-state index in [1.807, 2.05) is 0 Å². The minimum atomic E-state index is -1.56. The molecule has 4 aromatic heterocycles. The number of benzene rings is 9. The molecule has 13 aromatic rings. The molecule has 0 unspecified atom stereocenters. The molecule has 13 rings (SSSR count). The Morgan fingerprint density at radius 2 is 0.689 bits per heavy atom. The summed E-state index contributed by atoms with van der Waals surface area (Å²) in [5.41, 5.74) is 11.3. The van der Waals surface area contributed by atoms with Crippen molar-refractivity contribution in [1.29, 1.82) is 0 Å². The first kappa shape index (κ1) is 35.1. The number of rotatable bonds is 4. The van der Waals surface area contributed by atoms with Crippen LogP contribution in [-0.4, -0.2) is 29.7 Å². The van der Waals surface area contributed by atoms with E-state index in [1.54, 1.807) is 0 Å². The predicted octanol–water partition coefficient (Wildman–Crippen LogP) is 14.4. The standard InChI is InChI=1S/C56H45N3Si2/c1-60(2,3)36-26-28-48-44(32-36)40-20-11-13-24-46(40)57(48)55-38-18-9-7-16-34(38)30-50-52(55)42-22-15-23-43-53-51(59(50)54(42)43)31-35-17-8-10-19-39(35)56(53)58-47-25-14-12-21-41(47)45-33-37(61(4,5)6)27-29-49(45)58/h7-33H,1-6H3. The van der Waals surface area contributed by atoms with Gasteiger partial charge >= 0.3 is 0 Å². The van der Waals surface area contributed by atoms with Gasteiger partial charge in [0.15, 0.2) is 0 Å². The fraction of sp³-hybridized carbons (Fsp3) is 0.107. The molecule has 0 aliphatic carbocycles. The molecule has 0 saturated heterocycles. The maximum absolute atomic E-state index is 2.61. The third-order valence-electron chi connectivity index (χ3n) is 13.8. The first-order valence-corrected chi connectivity index (χ1v) is 28.7.